The fraction of sp³-hybridized carbons (Fsp3) is 0.650. The quantitative estimate of drug-likeness (QED) is 0.287. The second-order valence-corrected chi connectivity index (χ2v) is 6.91. The lowest BCUT2D eigenvalue weighted by Gasteiger charge is -2.25. The largest absolute Gasteiger partial charge is 0.375 e. The average Bonchev–Trinajstić information content (AvgIpc) is 3.33. The minimum absolute atomic E-state index is 0. The highest BCUT2D eigenvalue weighted by molar-refractivity contribution is 14.0. The van der Waals surface area contributed by atoms with Gasteiger partial charge in [-0.15, -0.1) is 24.0 Å². The molecule has 6 heteroatoms. The highest BCUT2D eigenvalue weighted by Gasteiger charge is 2.30. The van der Waals surface area contributed by atoms with E-state index in [4.69, 9.17) is 9.73 Å². The molecule has 3 rings (SSSR count). The van der Waals surface area contributed by atoms with Crippen LogP contribution in [0.1, 0.15) is 31.7 Å². The van der Waals surface area contributed by atoms with Crippen molar-refractivity contribution in [3.63, 3.8) is 0 Å². The maximum Gasteiger partial charge on any atom is 0.194 e. The lowest BCUT2D eigenvalue weighted by molar-refractivity contribution is 0.128. The van der Waals surface area contributed by atoms with Crippen LogP contribution >= 0.6 is 24.0 Å². The third-order valence-electron chi connectivity index (χ3n) is 5.06. The number of nitrogens with zero attached hydrogens (tertiary/aromatic N) is 3. The van der Waals surface area contributed by atoms with Crippen LogP contribution in [-0.2, 0) is 11.3 Å². The first-order chi connectivity index (χ1) is 12.4. The molecule has 0 amide bonds. The van der Waals surface area contributed by atoms with E-state index < -0.39 is 0 Å². The lowest BCUT2D eigenvalue weighted by atomic mass is 10.2. The monoisotopic (exact) mass is 472 g/mol. The van der Waals surface area contributed by atoms with E-state index in [9.17, 15) is 0 Å². The molecule has 2 aliphatic rings. The number of benzene rings is 1. The van der Waals surface area contributed by atoms with Crippen LogP contribution in [-0.4, -0.2) is 67.7 Å². The molecule has 0 spiro atoms. The summed E-state index contributed by atoms with van der Waals surface area (Å²) in [5.74, 6) is 1.05. The van der Waals surface area contributed by atoms with Crippen LogP contribution in [0.15, 0.2) is 35.3 Å². The van der Waals surface area contributed by atoms with Crippen molar-refractivity contribution in [3.05, 3.63) is 35.9 Å². The summed E-state index contributed by atoms with van der Waals surface area (Å²) in [6.45, 7) is 9.85. The van der Waals surface area contributed by atoms with Crippen molar-refractivity contribution in [2.24, 2.45) is 4.99 Å². The number of halogens is 1. The molecule has 2 heterocycles. The smallest absolute Gasteiger partial charge is 0.194 e. The second-order valence-electron chi connectivity index (χ2n) is 6.91. The number of rotatable bonds is 7. The molecule has 146 valence electrons. The first-order valence-electron chi connectivity index (χ1n) is 9.76. The van der Waals surface area contributed by atoms with Crippen molar-refractivity contribution in [1.29, 1.82) is 0 Å². The van der Waals surface area contributed by atoms with Gasteiger partial charge in [0.1, 0.15) is 0 Å². The van der Waals surface area contributed by atoms with Crippen LogP contribution in [0, 0.1) is 0 Å². The van der Waals surface area contributed by atoms with Gasteiger partial charge >= 0.3 is 0 Å². The molecule has 1 N–H and O–H groups in total. The van der Waals surface area contributed by atoms with Crippen molar-refractivity contribution < 1.29 is 4.74 Å². The molecule has 2 saturated heterocycles. The molecule has 2 fully saturated rings. The van der Waals surface area contributed by atoms with Crippen molar-refractivity contribution in [2.75, 3.05) is 45.9 Å². The molecule has 1 atom stereocenters. The summed E-state index contributed by atoms with van der Waals surface area (Å²) in [5, 5.41) is 3.45. The Morgan fingerprint density at radius 1 is 1.19 bits per heavy atom. The molecule has 0 aliphatic carbocycles. The summed E-state index contributed by atoms with van der Waals surface area (Å²) >= 11 is 0. The topological polar surface area (TPSA) is 40.1 Å². The molecular weight excluding hydrogens is 439 g/mol. The van der Waals surface area contributed by atoms with Gasteiger partial charge in [-0.2, -0.15) is 0 Å². The van der Waals surface area contributed by atoms with Crippen LogP contribution < -0.4 is 5.32 Å². The summed E-state index contributed by atoms with van der Waals surface area (Å²) in [7, 11) is 0. The van der Waals surface area contributed by atoms with Crippen LogP contribution in [0.2, 0.25) is 0 Å². The maximum atomic E-state index is 5.75. The van der Waals surface area contributed by atoms with Gasteiger partial charge in [0.15, 0.2) is 5.96 Å². The van der Waals surface area contributed by atoms with E-state index in [1.165, 1.54) is 37.9 Å². The van der Waals surface area contributed by atoms with Crippen LogP contribution in [0.3, 0.4) is 0 Å². The van der Waals surface area contributed by atoms with Gasteiger partial charge in [-0.25, -0.2) is 0 Å². The number of guanidine groups is 1. The zero-order chi connectivity index (χ0) is 17.3. The van der Waals surface area contributed by atoms with Crippen LogP contribution in [0.25, 0.3) is 0 Å². The lowest BCUT2D eigenvalue weighted by Crippen LogP contribution is -2.42. The number of aliphatic imine (C=N–C) groups is 1. The Kier molecular flexibility index (Phi) is 9.71. The third-order valence-corrected chi connectivity index (χ3v) is 5.06. The Morgan fingerprint density at radius 2 is 1.96 bits per heavy atom. The predicted octanol–water partition coefficient (Wildman–Crippen LogP) is 2.96. The molecule has 5 nitrogen and oxygen atoms in total. The van der Waals surface area contributed by atoms with E-state index in [0.717, 1.165) is 25.6 Å². The Balaban J connectivity index is 0.00000243. The number of nitrogens with one attached hydrogen (secondary N) is 1. The SMILES string of the molecule is CCNC(=NCCOCc1ccccc1)N1CCC(N2CCCC2)C1.I. The minimum atomic E-state index is 0. The number of likely N-dealkylation sites (tertiary alicyclic amines) is 2. The zero-order valence-electron chi connectivity index (χ0n) is 15.9. The molecular formula is C20H33IN4O. The van der Waals surface area contributed by atoms with Gasteiger partial charge in [0.05, 0.1) is 19.8 Å². The van der Waals surface area contributed by atoms with E-state index in [1.54, 1.807) is 0 Å². The molecule has 0 bridgehead atoms. The summed E-state index contributed by atoms with van der Waals surface area (Å²) in [5.41, 5.74) is 1.21. The van der Waals surface area contributed by atoms with E-state index >= 15 is 0 Å². The molecule has 2 aliphatic heterocycles. The van der Waals surface area contributed by atoms with Gasteiger partial charge in [-0.05, 0) is 44.8 Å². The number of hydrogen-bond acceptors (Lipinski definition) is 3. The van der Waals surface area contributed by atoms with E-state index in [-0.39, 0.29) is 24.0 Å². The Morgan fingerprint density at radius 3 is 2.69 bits per heavy atom. The predicted molar refractivity (Wildman–Crippen MR) is 118 cm³/mol. The van der Waals surface area contributed by atoms with Gasteiger partial charge in [-0.1, -0.05) is 30.3 Å². The third kappa shape index (κ3) is 6.39. The van der Waals surface area contributed by atoms with Gasteiger partial charge in [0.25, 0.3) is 0 Å². The second kappa shape index (κ2) is 11.8. The minimum Gasteiger partial charge on any atom is -0.375 e. The van der Waals surface area contributed by atoms with E-state index in [0.29, 0.717) is 25.8 Å². The van der Waals surface area contributed by atoms with Crippen LogP contribution in [0.5, 0.6) is 0 Å². The summed E-state index contributed by atoms with van der Waals surface area (Å²) in [6.07, 6.45) is 3.99. The Bertz CT molecular complexity index is 534. The zero-order valence-corrected chi connectivity index (χ0v) is 18.2. The van der Waals surface area contributed by atoms with Gasteiger partial charge in [0, 0.05) is 25.7 Å². The van der Waals surface area contributed by atoms with E-state index in [2.05, 4.69) is 34.2 Å². The Labute approximate surface area is 175 Å². The van der Waals surface area contributed by atoms with Gasteiger partial charge in [-0.3, -0.25) is 9.89 Å². The average molecular weight is 472 g/mol. The highest BCUT2D eigenvalue weighted by Crippen LogP contribution is 2.20. The first-order valence-corrected chi connectivity index (χ1v) is 9.76. The van der Waals surface area contributed by atoms with Crippen molar-refractivity contribution in [1.82, 2.24) is 15.1 Å². The maximum absolute atomic E-state index is 5.75. The fourth-order valence-corrected chi connectivity index (χ4v) is 3.75. The van der Waals surface area contributed by atoms with Gasteiger partial charge in [0.2, 0.25) is 0 Å². The molecule has 1 unspecified atom stereocenters. The number of hydrogen-bond donors (Lipinski definition) is 1. The van der Waals surface area contributed by atoms with Crippen molar-refractivity contribution in [3.8, 4) is 0 Å². The summed E-state index contributed by atoms with van der Waals surface area (Å²) < 4.78 is 5.75. The van der Waals surface area contributed by atoms with E-state index in [1.807, 2.05) is 18.2 Å². The first kappa shape index (κ1) is 21.4. The highest BCUT2D eigenvalue weighted by atomic mass is 127. The molecule has 0 saturated carbocycles. The molecule has 26 heavy (non-hydrogen) atoms. The van der Waals surface area contributed by atoms with Crippen molar-refractivity contribution >= 4 is 29.9 Å². The number of ether oxygens (including phenoxy) is 1. The molecule has 1 aromatic rings. The standard InChI is InChI=1S/C20H32N4O.HI/c1-2-21-20(22-11-15-25-17-18-8-4-3-5-9-18)24-14-10-19(16-24)23-12-6-7-13-23;/h3-5,8-9,19H,2,6-7,10-17H2,1H3,(H,21,22);1H. The summed E-state index contributed by atoms with van der Waals surface area (Å²) in [6, 6.07) is 11.0. The van der Waals surface area contributed by atoms with Crippen LogP contribution in [0.4, 0.5) is 0 Å². The summed E-state index contributed by atoms with van der Waals surface area (Å²) in [4.78, 5) is 9.86. The normalized spacial score (nSPS) is 21.0. The Hall–Kier alpha value is -0.860. The van der Waals surface area contributed by atoms with Gasteiger partial charge < -0.3 is 15.0 Å². The molecule has 0 radical (unpaired) electrons. The molecule has 0 aromatic heterocycles. The van der Waals surface area contributed by atoms with Crippen molar-refractivity contribution in [2.45, 2.75) is 38.8 Å². The fourth-order valence-electron chi connectivity index (χ4n) is 3.75. The molecule has 1 aromatic carbocycles.